The van der Waals surface area contributed by atoms with Gasteiger partial charge in [0.05, 0.1) is 11.4 Å². The molecule has 0 amide bonds. The lowest BCUT2D eigenvalue weighted by Crippen LogP contribution is -2.01. The Morgan fingerprint density at radius 2 is 1.76 bits per heavy atom. The molecule has 2 aromatic rings. The summed E-state index contributed by atoms with van der Waals surface area (Å²) >= 11 is 0. The molecule has 2 rings (SSSR count). The van der Waals surface area contributed by atoms with Crippen molar-refractivity contribution >= 4 is 0 Å². The summed E-state index contributed by atoms with van der Waals surface area (Å²) in [7, 11) is 0. The van der Waals surface area contributed by atoms with E-state index in [1.165, 1.54) is 11.1 Å². The van der Waals surface area contributed by atoms with E-state index in [4.69, 9.17) is 0 Å². The highest BCUT2D eigenvalue weighted by molar-refractivity contribution is 5.45. The van der Waals surface area contributed by atoms with E-state index in [-0.39, 0.29) is 11.8 Å². The minimum Gasteiger partial charge on any atom is -0.493 e. The van der Waals surface area contributed by atoms with Crippen molar-refractivity contribution in [3.8, 4) is 11.6 Å². The van der Waals surface area contributed by atoms with Crippen LogP contribution >= 0.6 is 0 Å². The van der Waals surface area contributed by atoms with Gasteiger partial charge in [-0.25, -0.2) is 4.68 Å². The molecular formula is C18H26N2O. The van der Waals surface area contributed by atoms with Crippen LogP contribution in [0.3, 0.4) is 0 Å². The van der Waals surface area contributed by atoms with Crippen molar-refractivity contribution in [3.05, 3.63) is 40.6 Å². The highest BCUT2D eigenvalue weighted by atomic mass is 16.3. The SMILES string of the molecule is Cc1ccc(-n2nc(CC(C)C)c(C(C)C)c2O)cc1C. The number of nitrogens with zero attached hydrogens (tertiary/aromatic N) is 2. The summed E-state index contributed by atoms with van der Waals surface area (Å²) < 4.78 is 1.68. The monoisotopic (exact) mass is 286 g/mol. The highest BCUT2D eigenvalue weighted by Gasteiger charge is 2.21. The first kappa shape index (κ1) is 15.6. The number of aromatic hydroxyl groups is 1. The first-order chi connectivity index (χ1) is 9.81. The molecule has 0 saturated carbocycles. The first-order valence-electron chi connectivity index (χ1n) is 7.69. The lowest BCUT2D eigenvalue weighted by atomic mass is 9.98. The maximum absolute atomic E-state index is 10.6. The Hall–Kier alpha value is -1.77. The van der Waals surface area contributed by atoms with E-state index in [0.717, 1.165) is 23.4 Å². The number of aryl methyl sites for hydroxylation is 2. The van der Waals surface area contributed by atoms with Gasteiger partial charge in [-0.1, -0.05) is 33.8 Å². The quantitative estimate of drug-likeness (QED) is 0.897. The van der Waals surface area contributed by atoms with Crippen molar-refractivity contribution in [1.82, 2.24) is 9.78 Å². The van der Waals surface area contributed by atoms with Gasteiger partial charge in [-0.05, 0) is 55.4 Å². The van der Waals surface area contributed by atoms with Gasteiger partial charge in [-0.2, -0.15) is 5.10 Å². The van der Waals surface area contributed by atoms with Crippen LogP contribution in [0.4, 0.5) is 0 Å². The summed E-state index contributed by atoms with van der Waals surface area (Å²) in [5.41, 5.74) is 5.36. The molecule has 0 aliphatic carbocycles. The van der Waals surface area contributed by atoms with Gasteiger partial charge in [-0.3, -0.25) is 0 Å². The van der Waals surface area contributed by atoms with Crippen LogP contribution in [0.2, 0.25) is 0 Å². The van der Waals surface area contributed by atoms with Gasteiger partial charge in [0.2, 0.25) is 5.88 Å². The second kappa shape index (κ2) is 5.92. The molecule has 3 heteroatoms. The fourth-order valence-electron chi connectivity index (χ4n) is 2.63. The minimum atomic E-state index is 0.263. The Kier molecular flexibility index (Phi) is 4.40. The number of hydrogen-bond acceptors (Lipinski definition) is 2. The van der Waals surface area contributed by atoms with Gasteiger partial charge >= 0.3 is 0 Å². The van der Waals surface area contributed by atoms with Crippen molar-refractivity contribution in [2.24, 2.45) is 5.92 Å². The van der Waals surface area contributed by atoms with Crippen molar-refractivity contribution in [3.63, 3.8) is 0 Å². The molecule has 3 nitrogen and oxygen atoms in total. The summed E-state index contributed by atoms with van der Waals surface area (Å²) in [6.45, 7) is 12.7. The molecule has 1 aromatic carbocycles. The van der Waals surface area contributed by atoms with Crippen molar-refractivity contribution in [1.29, 1.82) is 0 Å². The maximum atomic E-state index is 10.6. The van der Waals surface area contributed by atoms with Gasteiger partial charge in [0.15, 0.2) is 0 Å². The topological polar surface area (TPSA) is 38.0 Å². The van der Waals surface area contributed by atoms with Crippen LogP contribution in [-0.4, -0.2) is 14.9 Å². The molecule has 0 atom stereocenters. The Balaban J connectivity index is 2.56. The molecule has 21 heavy (non-hydrogen) atoms. The summed E-state index contributed by atoms with van der Waals surface area (Å²) in [5, 5.41) is 15.3. The second-order valence-corrected chi connectivity index (χ2v) is 6.62. The van der Waals surface area contributed by atoms with Gasteiger partial charge in [-0.15, -0.1) is 0 Å². The molecule has 0 radical (unpaired) electrons. The molecule has 1 aromatic heterocycles. The predicted molar refractivity (Wildman–Crippen MR) is 87.3 cm³/mol. The Morgan fingerprint density at radius 1 is 1.10 bits per heavy atom. The van der Waals surface area contributed by atoms with Crippen LogP contribution < -0.4 is 0 Å². The molecule has 0 saturated heterocycles. The molecule has 1 N–H and O–H groups in total. The van der Waals surface area contributed by atoms with Gasteiger partial charge in [0.1, 0.15) is 0 Å². The normalized spacial score (nSPS) is 11.6. The lowest BCUT2D eigenvalue weighted by molar-refractivity contribution is 0.425. The molecule has 0 fully saturated rings. The van der Waals surface area contributed by atoms with Crippen molar-refractivity contribution < 1.29 is 5.11 Å². The Bertz CT molecular complexity index is 639. The first-order valence-corrected chi connectivity index (χ1v) is 7.69. The van der Waals surface area contributed by atoms with E-state index in [0.29, 0.717) is 5.92 Å². The van der Waals surface area contributed by atoms with E-state index in [9.17, 15) is 5.11 Å². The van der Waals surface area contributed by atoms with E-state index < -0.39 is 0 Å². The molecule has 0 aliphatic rings. The molecule has 1 heterocycles. The van der Waals surface area contributed by atoms with Crippen LogP contribution in [0.1, 0.15) is 56.0 Å². The van der Waals surface area contributed by atoms with E-state index in [2.05, 4.69) is 58.8 Å². The average molecular weight is 286 g/mol. The third kappa shape index (κ3) is 3.12. The maximum Gasteiger partial charge on any atom is 0.217 e. The second-order valence-electron chi connectivity index (χ2n) is 6.62. The average Bonchev–Trinajstić information content (AvgIpc) is 2.69. The van der Waals surface area contributed by atoms with Crippen LogP contribution in [0.15, 0.2) is 18.2 Å². The standard InChI is InChI=1S/C18H26N2O/c1-11(2)9-16-17(12(3)4)18(21)20(19-16)15-8-7-13(5)14(6)10-15/h7-8,10-12,21H,9H2,1-6H3. The zero-order valence-corrected chi connectivity index (χ0v) is 13.9. The zero-order chi connectivity index (χ0) is 15.7. The lowest BCUT2D eigenvalue weighted by Gasteiger charge is -2.08. The molecule has 0 bridgehead atoms. The summed E-state index contributed by atoms with van der Waals surface area (Å²) in [4.78, 5) is 0. The smallest absolute Gasteiger partial charge is 0.217 e. The number of aromatic nitrogens is 2. The van der Waals surface area contributed by atoms with Crippen LogP contribution in [-0.2, 0) is 6.42 Å². The predicted octanol–water partition coefficient (Wildman–Crippen LogP) is 4.52. The van der Waals surface area contributed by atoms with Crippen LogP contribution in [0.25, 0.3) is 5.69 Å². The van der Waals surface area contributed by atoms with E-state index in [1.54, 1.807) is 4.68 Å². The van der Waals surface area contributed by atoms with E-state index in [1.807, 2.05) is 6.07 Å². The van der Waals surface area contributed by atoms with Crippen LogP contribution in [0, 0.1) is 19.8 Å². The summed E-state index contributed by atoms with van der Waals surface area (Å²) in [5.74, 6) is 1.06. The number of rotatable bonds is 4. The van der Waals surface area contributed by atoms with Crippen LogP contribution in [0.5, 0.6) is 5.88 Å². The third-order valence-corrected chi connectivity index (χ3v) is 3.89. The fourth-order valence-corrected chi connectivity index (χ4v) is 2.63. The Labute approximate surface area is 127 Å². The molecule has 0 spiro atoms. The Morgan fingerprint density at radius 3 is 2.29 bits per heavy atom. The molecular weight excluding hydrogens is 260 g/mol. The summed E-state index contributed by atoms with van der Waals surface area (Å²) in [6, 6.07) is 6.16. The molecule has 114 valence electrons. The largest absolute Gasteiger partial charge is 0.493 e. The molecule has 0 aliphatic heterocycles. The van der Waals surface area contributed by atoms with Gasteiger partial charge < -0.3 is 5.11 Å². The van der Waals surface area contributed by atoms with Gasteiger partial charge in [0.25, 0.3) is 0 Å². The number of benzene rings is 1. The third-order valence-electron chi connectivity index (χ3n) is 3.89. The summed E-state index contributed by atoms with van der Waals surface area (Å²) in [6.07, 6.45) is 0.888. The van der Waals surface area contributed by atoms with Gasteiger partial charge in [0, 0.05) is 5.56 Å². The number of hydrogen-bond donors (Lipinski definition) is 1. The fraction of sp³-hybridized carbons (Fsp3) is 0.500. The highest BCUT2D eigenvalue weighted by Crippen LogP contribution is 2.32. The van der Waals surface area contributed by atoms with Crippen molar-refractivity contribution in [2.75, 3.05) is 0 Å². The van der Waals surface area contributed by atoms with E-state index >= 15 is 0 Å². The zero-order valence-electron chi connectivity index (χ0n) is 13.9. The minimum absolute atomic E-state index is 0.263. The van der Waals surface area contributed by atoms with Crippen molar-refractivity contribution in [2.45, 2.75) is 53.9 Å². The molecule has 0 unspecified atom stereocenters.